The van der Waals surface area contributed by atoms with Crippen molar-refractivity contribution in [2.45, 2.75) is 0 Å². The number of hydrogen-bond donors (Lipinski definition) is 1. The fraction of sp³-hybridized carbons (Fsp3) is 0. The van der Waals surface area contributed by atoms with Crippen LogP contribution in [0.4, 0.5) is 0 Å². The Morgan fingerprint density at radius 3 is 2.48 bits per heavy atom. The number of nitrogens with zero attached hydrogens (tertiary/aromatic N) is 1. The van der Waals surface area contributed by atoms with Gasteiger partial charge in [0.15, 0.2) is 0 Å². The monoisotopic (exact) mass is 271 g/mol. The first-order chi connectivity index (χ1) is 10.3. The fourth-order valence-corrected chi connectivity index (χ4v) is 2.84. The highest BCUT2D eigenvalue weighted by Crippen LogP contribution is 2.38. The second kappa shape index (κ2) is 4.60. The van der Waals surface area contributed by atoms with Gasteiger partial charge in [-0.3, -0.25) is 4.98 Å². The second-order valence-corrected chi connectivity index (χ2v) is 5.06. The number of phenols is 1. The van der Waals surface area contributed by atoms with Gasteiger partial charge >= 0.3 is 0 Å². The van der Waals surface area contributed by atoms with Crippen molar-refractivity contribution in [1.82, 2.24) is 4.98 Å². The van der Waals surface area contributed by atoms with Crippen molar-refractivity contribution in [3.05, 3.63) is 72.9 Å². The highest BCUT2D eigenvalue weighted by molar-refractivity contribution is 6.05. The zero-order chi connectivity index (χ0) is 14.2. The zero-order valence-corrected chi connectivity index (χ0v) is 11.3. The summed E-state index contributed by atoms with van der Waals surface area (Å²) in [5.74, 6) is 0.262. The Hall–Kier alpha value is -2.87. The quantitative estimate of drug-likeness (QED) is 0.541. The van der Waals surface area contributed by atoms with Crippen LogP contribution in [-0.4, -0.2) is 10.1 Å². The molecule has 0 fully saturated rings. The lowest BCUT2D eigenvalue weighted by Crippen LogP contribution is -1.87. The number of rotatable bonds is 1. The van der Waals surface area contributed by atoms with Gasteiger partial charge in [0.2, 0.25) is 0 Å². The molecular formula is C19H13NO. The third-order valence-electron chi connectivity index (χ3n) is 3.81. The number of aromatic nitrogens is 1. The van der Waals surface area contributed by atoms with Gasteiger partial charge in [0.05, 0.1) is 11.1 Å². The summed E-state index contributed by atoms with van der Waals surface area (Å²) in [4.78, 5) is 4.47. The van der Waals surface area contributed by atoms with Crippen LogP contribution in [0.5, 0.6) is 5.75 Å². The summed E-state index contributed by atoms with van der Waals surface area (Å²) in [6.07, 6.45) is 1.76. The molecular weight excluding hydrogens is 258 g/mol. The van der Waals surface area contributed by atoms with Gasteiger partial charge in [0.1, 0.15) is 5.75 Å². The van der Waals surface area contributed by atoms with Gasteiger partial charge in [-0.15, -0.1) is 0 Å². The molecule has 21 heavy (non-hydrogen) atoms. The van der Waals surface area contributed by atoms with Crippen LogP contribution in [0.15, 0.2) is 72.9 Å². The lowest BCUT2D eigenvalue weighted by Gasteiger charge is -2.11. The molecule has 2 nitrogen and oxygen atoms in total. The van der Waals surface area contributed by atoms with Gasteiger partial charge in [-0.2, -0.15) is 0 Å². The molecule has 0 bridgehead atoms. The van der Waals surface area contributed by atoms with Crippen molar-refractivity contribution >= 4 is 21.7 Å². The predicted molar refractivity (Wildman–Crippen MR) is 86.3 cm³/mol. The summed E-state index contributed by atoms with van der Waals surface area (Å²) >= 11 is 0. The third-order valence-corrected chi connectivity index (χ3v) is 3.81. The van der Waals surface area contributed by atoms with Crippen LogP contribution in [-0.2, 0) is 0 Å². The molecule has 0 spiro atoms. The van der Waals surface area contributed by atoms with Crippen LogP contribution in [0.25, 0.3) is 32.8 Å². The predicted octanol–water partition coefficient (Wildman–Crippen LogP) is 4.76. The Balaban J connectivity index is 2.16. The highest BCUT2D eigenvalue weighted by atomic mass is 16.3. The van der Waals surface area contributed by atoms with E-state index in [-0.39, 0.29) is 5.75 Å². The average molecular weight is 271 g/mol. The Morgan fingerprint density at radius 2 is 1.52 bits per heavy atom. The van der Waals surface area contributed by atoms with E-state index in [2.05, 4.69) is 23.2 Å². The molecule has 0 saturated heterocycles. The second-order valence-electron chi connectivity index (χ2n) is 5.06. The smallest absolute Gasteiger partial charge is 0.125 e. The standard InChI is InChI=1S/C19H13NO/c21-17-11-10-14-7-4-12-20-19(14)18(17)16-9-3-6-13-5-1-2-8-15(13)16/h1-12,21H. The lowest BCUT2D eigenvalue weighted by atomic mass is 9.95. The highest BCUT2D eigenvalue weighted by Gasteiger charge is 2.12. The number of aromatic hydroxyl groups is 1. The number of phenolic OH excluding ortho intramolecular Hbond substituents is 1. The summed E-state index contributed by atoms with van der Waals surface area (Å²) in [7, 11) is 0. The van der Waals surface area contributed by atoms with Gasteiger partial charge in [0.25, 0.3) is 0 Å². The molecule has 4 rings (SSSR count). The largest absolute Gasteiger partial charge is 0.507 e. The SMILES string of the molecule is Oc1ccc2cccnc2c1-c1cccc2ccccc12. The Morgan fingerprint density at radius 1 is 0.714 bits per heavy atom. The molecule has 0 aliphatic heterocycles. The molecule has 0 unspecified atom stereocenters. The summed E-state index contributed by atoms with van der Waals surface area (Å²) in [6.45, 7) is 0. The van der Waals surface area contributed by atoms with E-state index in [4.69, 9.17) is 0 Å². The lowest BCUT2D eigenvalue weighted by molar-refractivity contribution is 0.478. The van der Waals surface area contributed by atoms with Crippen LogP contribution in [0.2, 0.25) is 0 Å². The molecule has 1 heterocycles. The minimum absolute atomic E-state index is 0.262. The van der Waals surface area contributed by atoms with Crippen LogP contribution in [0, 0.1) is 0 Å². The van der Waals surface area contributed by atoms with E-state index in [1.165, 1.54) is 0 Å². The first-order valence-corrected chi connectivity index (χ1v) is 6.89. The Bertz CT molecular complexity index is 954. The Kier molecular flexibility index (Phi) is 2.61. The normalized spacial score (nSPS) is 11.0. The maximum atomic E-state index is 10.4. The summed E-state index contributed by atoms with van der Waals surface area (Å²) in [5, 5.41) is 13.7. The maximum Gasteiger partial charge on any atom is 0.125 e. The molecule has 0 saturated carbocycles. The summed E-state index contributed by atoms with van der Waals surface area (Å²) < 4.78 is 0. The molecule has 0 radical (unpaired) electrons. The van der Waals surface area contributed by atoms with Crippen LogP contribution >= 0.6 is 0 Å². The molecule has 100 valence electrons. The fourth-order valence-electron chi connectivity index (χ4n) is 2.84. The van der Waals surface area contributed by atoms with E-state index < -0.39 is 0 Å². The topological polar surface area (TPSA) is 33.1 Å². The van der Waals surface area contributed by atoms with Crippen LogP contribution < -0.4 is 0 Å². The molecule has 0 aliphatic carbocycles. The van der Waals surface area contributed by atoms with Gasteiger partial charge in [-0.25, -0.2) is 0 Å². The molecule has 4 aromatic rings. The maximum absolute atomic E-state index is 10.4. The minimum Gasteiger partial charge on any atom is -0.507 e. The van der Waals surface area contributed by atoms with Crippen LogP contribution in [0.1, 0.15) is 0 Å². The van der Waals surface area contributed by atoms with Gasteiger partial charge in [0, 0.05) is 11.6 Å². The molecule has 0 amide bonds. The zero-order valence-electron chi connectivity index (χ0n) is 11.3. The van der Waals surface area contributed by atoms with E-state index in [0.717, 1.165) is 32.8 Å². The van der Waals surface area contributed by atoms with E-state index in [1.54, 1.807) is 12.3 Å². The number of fused-ring (bicyclic) bond motifs is 2. The van der Waals surface area contributed by atoms with Gasteiger partial charge in [-0.05, 0) is 34.5 Å². The van der Waals surface area contributed by atoms with E-state index in [9.17, 15) is 5.11 Å². The molecule has 1 aromatic heterocycles. The number of benzene rings is 3. The molecule has 1 N–H and O–H groups in total. The van der Waals surface area contributed by atoms with Gasteiger partial charge < -0.3 is 5.11 Å². The van der Waals surface area contributed by atoms with E-state index in [1.807, 2.05) is 42.5 Å². The van der Waals surface area contributed by atoms with Crippen molar-refractivity contribution in [3.8, 4) is 16.9 Å². The minimum atomic E-state index is 0.262. The summed E-state index contributed by atoms with van der Waals surface area (Å²) in [6, 6.07) is 21.9. The van der Waals surface area contributed by atoms with Crippen molar-refractivity contribution in [2.24, 2.45) is 0 Å². The molecule has 0 aliphatic rings. The van der Waals surface area contributed by atoms with Crippen molar-refractivity contribution < 1.29 is 5.11 Å². The van der Waals surface area contributed by atoms with Crippen LogP contribution in [0.3, 0.4) is 0 Å². The first-order valence-electron chi connectivity index (χ1n) is 6.89. The third kappa shape index (κ3) is 1.84. The van der Waals surface area contributed by atoms with Gasteiger partial charge in [-0.1, -0.05) is 48.5 Å². The molecule has 3 aromatic carbocycles. The van der Waals surface area contributed by atoms with Crippen molar-refractivity contribution in [2.75, 3.05) is 0 Å². The van der Waals surface area contributed by atoms with Crippen molar-refractivity contribution in [1.29, 1.82) is 0 Å². The number of hydrogen-bond acceptors (Lipinski definition) is 2. The molecule has 2 heteroatoms. The van der Waals surface area contributed by atoms with Crippen molar-refractivity contribution in [3.63, 3.8) is 0 Å². The summed E-state index contributed by atoms with van der Waals surface area (Å²) in [5.41, 5.74) is 2.63. The number of pyridine rings is 1. The molecule has 0 atom stereocenters. The average Bonchev–Trinajstić information content (AvgIpc) is 2.54. The van der Waals surface area contributed by atoms with E-state index in [0.29, 0.717) is 0 Å². The van der Waals surface area contributed by atoms with E-state index >= 15 is 0 Å². The first kappa shape index (κ1) is 11.9. The Labute approximate surface area is 122 Å².